The zero-order valence-corrected chi connectivity index (χ0v) is 13.9. The molecule has 20 heavy (non-hydrogen) atoms. The van der Waals surface area contributed by atoms with Crippen LogP contribution in [-0.4, -0.2) is 21.0 Å². The Kier molecular flexibility index (Phi) is 6.40. The molecule has 3 N–H and O–H groups in total. The molecule has 1 aliphatic rings. The number of hydrogen-bond donors (Lipinski definition) is 2. The van der Waals surface area contributed by atoms with Gasteiger partial charge in [0.1, 0.15) is 4.90 Å². The van der Waals surface area contributed by atoms with Crippen LogP contribution in [0.5, 0.6) is 0 Å². The molecule has 1 aromatic rings. The van der Waals surface area contributed by atoms with Crippen molar-refractivity contribution in [2.24, 2.45) is 11.7 Å². The summed E-state index contributed by atoms with van der Waals surface area (Å²) in [6.45, 7) is 0.439. The molecule has 0 aromatic heterocycles. The van der Waals surface area contributed by atoms with Crippen LogP contribution in [0, 0.1) is 11.7 Å². The first-order valence-corrected chi connectivity index (χ1v) is 8.39. The number of halogens is 3. The van der Waals surface area contributed by atoms with Crippen molar-refractivity contribution in [3.63, 3.8) is 0 Å². The lowest BCUT2D eigenvalue weighted by Crippen LogP contribution is -2.40. The fraction of sp³-hybridized carbons (Fsp3) is 0.500. The molecule has 1 saturated carbocycles. The Morgan fingerprint density at radius 3 is 2.75 bits per heavy atom. The van der Waals surface area contributed by atoms with Gasteiger partial charge in [-0.3, -0.25) is 0 Å². The number of nitrogens with one attached hydrogen (secondary N) is 1. The van der Waals surface area contributed by atoms with E-state index in [0.29, 0.717) is 6.54 Å². The van der Waals surface area contributed by atoms with Crippen LogP contribution in [0.15, 0.2) is 27.6 Å². The lowest BCUT2D eigenvalue weighted by molar-refractivity contribution is 0.451. The zero-order chi connectivity index (χ0) is 14.0. The van der Waals surface area contributed by atoms with E-state index in [1.807, 2.05) is 0 Å². The number of nitrogens with two attached hydrogens (primary N) is 1. The first-order chi connectivity index (χ1) is 8.95. The quantitative estimate of drug-likeness (QED) is 0.833. The molecule has 0 amide bonds. The van der Waals surface area contributed by atoms with Crippen LogP contribution in [0.2, 0.25) is 0 Å². The Hall–Kier alpha value is -0.210. The molecule has 1 fully saturated rings. The Bertz CT molecular complexity index is 571. The van der Waals surface area contributed by atoms with Gasteiger partial charge in [0.2, 0.25) is 10.0 Å². The summed E-state index contributed by atoms with van der Waals surface area (Å²) in [7, 11) is -3.85. The van der Waals surface area contributed by atoms with E-state index < -0.39 is 15.8 Å². The minimum Gasteiger partial charge on any atom is -0.330 e. The normalized spacial score (nSPS) is 22.6. The van der Waals surface area contributed by atoms with Gasteiger partial charge >= 0.3 is 0 Å². The van der Waals surface area contributed by atoms with Crippen molar-refractivity contribution in [3.05, 3.63) is 28.5 Å². The molecule has 0 radical (unpaired) electrons. The molecule has 1 aromatic carbocycles. The predicted octanol–water partition coefficient (Wildman–Crippen LogP) is 2.42. The molecule has 8 heteroatoms. The number of hydrogen-bond acceptors (Lipinski definition) is 3. The summed E-state index contributed by atoms with van der Waals surface area (Å²) in [5, 5.41) is 0. The second kappa shape index (κ2) is 7.17. The third kappa shape index (κ3) is 3.71. The first kappa shape index (κ1) is 17.8. The van der Waals surface area contributed by atoms with E-state index >= 15 is 0 Å². The monoisotopic (exact) mass is 386 g/mol. The third-order valence-electron chi connectivity index (χ3n) is 3.47. The molecule has 0 bridgehead atoms. The number of rotatable bonds is 4. The predicted molar refractivity (Wildman–Crippen MR) is 81.9 cm³/mol. The lowest BCUT2D eigenvalue weighted by atomic mass is 10.1. The average molecular weight is 388 g/mol. The highest BCUT2D eigenvalue weighted by atomic mass is 79.9. The van der Waals surface area contributed by atoms with Crippen molar-refractivity contribution < 1.29 is 12.8 Å². The van der Waals surface area contributed by atoms with Crippen LogP contribution in [0.4, 0.5) is 4.39 Å². The van der Waals surface area contributed by atoms with Crippen LogP contribution in [-0.2, 0) is 10.0 Å². The Morgan fingerprint density at radius 2 is 2.10 bits per heavy atom. The van der Waals surface area contributed by atoms with Crippen LogP contribution in [0.1, 0.15) is 19.3 Å². The molecule has 2 atom stereocenters. The molecular formula is C12H17BrClFN2O2S. The number of benzene rings is 1. The van der Waals surface area contributed by atoms with Crippen LogP contribution < -0.4 is 10.5 Å². The Morgan fingerprint density at radius 1 is 1.40 bits per heavy atom. The van der Waals surface area contributed by atoms with Gasteiger partial charge in [0, 0.05) is 6.04 Å². The summed E-state index contributed by atoms with van der Waals surface area (Å²) in [6.07, 6.45) is 2.59. The van der Waals surface area contributed by atoms with Gasteiger partial charge in [-0.05, 0) is 53.4 Å². The highest BCUT2D eigenvalue weighted by molar-refractivity contribution is 9.10. The summed E-state index contributed by atoms with van der Waals surface area (Å²) in [4.78, 5) is -0.329. The van der Waals surface area contributed by atoms with E-state index in [9.17, 15) is 12.8 Å². The van der Waals surface area contributed by atoms with Gasteiger partial charge in [0.05, 0.1) is 4.47 Å². The number of sulfonamides is 1. The smallest absolute Gasteiger partial charge is 0.243 e. The Balaban J connectivity index is 0.00000200. The molecule has 0 saturated heterocycles. The standard InChI is InChI=1S/C12H16BrFN2O2S.ClH/c13-9-4-2-6-11(12(9)14)19(17,18)16-10-5-1-3-8(10)7-15;/h2,4,6,8,10,16H,1,3,5,7,15H2;1H. The van der Waals surface area contributed by atoms with E-state index in [-0.39, 0.29) is 33.7 Å². The van der Waals surface area contributed by atoms with Crippen molar-refractivity contribution in [1.29, 1.82) is 0 Å². The van der Waals surface area contributed by atoms with Crippen molar-refractivity contribution in [2.45, 2.75) is 30.2 Å². The molecule has 2 unspecified atom stereocenters. The average Bonchev–Trinajstić information content (AvgIpc) is 2.78. The van der Waals surface area contributed by atoms with Crippen molar-refractivity contribution in [3.8, 4) is 0 Å². The SMILES string of the molecule is Cl.NCC1CCCC1NS(=O)(=O)c1cccc(Br)c1F. The second-order valence-corrected chi connectivity index (χ2v) is 7.24. The fourth-order valence-electron chi connectivity index (χ4n) is 2.43. The molecule has 1 aliphatic carbocycles. The third-order valence-corrected chi connectivity index (χ3v) is 5.59. The minimum atomic E-state index is -3.85. The molecule has 2 rings (SSSR count). The lowest BCUT2D eigenvalue weighted by Gasteiger charge is -2.19. The molecular weight excluding hydrogens is 371 g/mol. The van der Waals surface area contributed by atoms with Gasteiger partial charge in [0.15, 0.2) is 5.82 Å². The van der Waals surface area contributed by atoms with E-state index in [1.165, 1.54) is 18.2 Å². The maximum absolute atomic E-state index is 13.9. The maximum Gasteiger partial charge on any atom is 0.243 e. The molecule has 114 valence electrons. The van der Waals surface area contributed by atoms with Crippen LogP contribution in [0.25, 0.3) is 0 Å². The van der Waals surface area contributed by atoms with Gasteiger partial charge in [-0.15, -0.1) is 12.4 Å². The maximum atomic E-state index is 13.9. The highest BCUT2D eigenvalue weighted by Gasteiger charge is 2.31. The highest BCUT2D eigenvalue weighted by Crippen LogP contribution is 2.28. The summed E-state index contributed by atoms with van der Waals surface area (Å²) >= 11 is 2.99. The van der Waals surface area contributed by atoms with Gasteiger partial charge in [-0.2, -0.15) is 0 Å². The summed E-state index contributed by atoms with van der Waals surface area (Å²) in [5.74, 6) is -0.637. The fourth-order valence-corrected chi connectivity index (χ4v) is 4.37. The van der Waals surface area contributed by atoms with E-state index in [0.717, 1.165) is 19.3 Å². The summed E-state index contributed by atoms with van der Waals surface area (Å²) < 4.78 is 41.0. The topological polar surface area (TPSA) is 72.2 Å². The first-order valence-electron chi connectivity index (χ1n) is 6.12. The summed E-state index contributed by atoms with van der Waals surface area (Å²) in [5.41, 5.74) is 5.62. The van der Waals surface area contributed by atoms with Gasteiger partial charge in [0.25, 0.3) is 0 Å². The zero-order valence-electron chi connectivity index (χ0n) is 10.7. The van der Waals surface area contributed by atoms with Crippen molar-refractivity contribution >= 4 is 38.4 Å². The van der Waals surface area contributed by atoms with Crippen molar-refractivity contribution in [1.82, 2.24) is 4.72 Å². The second-order valence-electron chi connectivity index (χ2n) is 4.71. The summed E-state index contributed by atoms with van der Waals surface area (Å²) in [6, 6.07) is 4.02. The van der Waals surface area contributed by atoms with Crippen LogP contribution in [0.3, 0.4) is 0 Å². The molecule has 4 nitrogen and oxygen atoms in total. The van der Waals surface area contributed by atoms with Crippen molar-refractivity contribution in [2.75, 3.05) is 6.54 Å². The van der Waals surface area contributed by atoms with E-state index in [4.69, 9.17) is 5.73 Å². The van der Waals surface area contributed by atoms with Crippen LogP contribution >= 0.6 is 28.3 Å². The molecule has 0 aliphatic heterocycles. The van der Waals surface area contributed by atoms with E-state index in [1.54, 1.807) is 0 Å². The Labute approximate surface area is 132 Å². The van der Waals surface area contributed by atoms with Gasteiger partial charge < -0.3 is 5.73 Å². The van der Waals surface area contributed by atoms with Gasteiger partial charge in [-0.25, -0.2) is 17.5 Å². The molecule has 0 spiro atoms. The largest absolute Gasteiger partial charge is 0.330 e. The van der Waals surface area contributed by atoms with Gasteiger partial charge in [-0.1, -0.05) is 12.5 Å². The molecule has 0 heterocycles. The minimum absolute atomic E-state index is 0. The van der Waals surface area contributed by atoms with E-state index in [2.05, 4.69) is 20.7 Å².